The fraction of sp³-hybridized carbons (Fsp3) is 0.308. The maximum atomic E-state index is 12.0. The summed E-state index contributed by atoms with van der Waals surface area (Å²) >= 11 is 6.05. The number of aliphatic hydroxyl groups excluding tert-OH is 1. The van der Waals surface area contributed by atoms with Crippen LogP contribution in [0.4, 0.5) is 10.6 Å². The second-order valence-electron chi connectivity index (χ2n) is 4.77. The number of pyridine rings is 1. The molecular weight excluding hydrogens is 294 g/mol. The van der Waals surface area contributed by atoms with E-state index in [1.54, 1.807) is 35.5 Å². The van der Waals surface area contributed by atoms with Crippen LogP contribution >= 0.6 is 11.6 Å². The van der Waals surface area contributed by atoms with Gasteiger partial charge < -0.3 is 10.0 Å². The van der Waals surface area contributed by atoms with Gasteiger partial charge in [-0.3, -0.25) is 5.32 Å². The van der Waals surface area contributed by atoms with Crippen molar-refractivity contribution in [2.45, 2.75) is 12.5 Å². The summed E-state index contributed by atoms with van der Waals surface area (Å²) in [5.74, 6) is 0.902. The molecule has 0 saturated carbocycles. The number of carbonyl (C=O) groups excluding carboxylic acids is 1. The smallest absolute Gasteiger partial charge is 0.323 e. The number of urea groups is 1. The first-order chi connectivity index (χ1) is 10.1. The summed E-state index contributed by atoms with van der Waals surface area (Å²) in [7, 11) is 0. The third-order valence-electron chi connectivity index (χ3n) is 3.23. The number of amides is 2. The van der Waals surface area contributed by atoms with E-state index >= 15 is 0 Å². The van der Waals surface area contributed by atoms with Gasteiger partial charge in [-0.05, 0) is 18.6 Å². The SMILES string of the molecule is O=C(Nc1ccn(-c2ncccc2Cl)n1)N1CCC(O)C1. The first kappa shape index (κ1) is 13.8. The van der Waals surface area contributed by atoms with Gasteiger partial charge in [0.15, 0.2) is 11.6 Å². The summed E-state index contributed by atoms with van der Waals surface area (Å²) in [5.41, 5.74) is 0. The molecule has 1 unspecified atom stereocenters. The summed E-state index contributed by atoms with van der Waals surface area (Å²) < 4.78 is 1.50. The van der Waals surface area contributed by atoms with Crippen molar-refractivity contribution >= 4 is 23.4 Å². The quantitative estimate of drug-likeness (QED) is 0.881. The van der Waals surface area contributed by atoms with Gasteiger partial charge in [0.25, 0.3) is 0 Å². The standard InChI is InChI=1S/C13H14ClN5O2/c14-10-2-1-5-15-12(10)19-7-4-11(17-19)16-13(21)18-6-3-9(20)8-18/h1-2,4-5,7,9,20H,3,6,8H2,(H,16,17,21). The van der Waals surface area contributed by atoms with Gasteiger partial charge in [-0.1, -0.05) is 11.6 Å². The molecule has 2 N–H and O–H groups in total. The van der Waals surface area contributed by atoms with Crippen molar-refractivity contribution in [1.29, 1.82) is 0 Å². The third kappa shape index (κ3) is 2.98. The minimum absolute atomic E-state index is 0.274. The Hall–Kier alpha value is -2.12. The summed E-state index contributed by atoms with van der Waals surface area (Å²) in [5, 5.41) is 16.8. The number of aromatic nitrogens is 3. The Morgan fingerprint density at radius 2 is 2.33 bits per heavy atom. The minimum Gasteiger partial charge on any atom is -0.391 e. The zero-order valence-corrected chi connectivity index (χ0v) is 11.9. The molecule has 2 amide bonds. The van der Waals surface area contributed by atoms with Crippen LogP contribution in [0.25, 0.3) is 5.82 Å². The van der Waals surface area contributed by atoms with Crippen LogP contribution in [0.1, 0.15) is 6.42 Å². The van der Waals surface area contributed by atoms with Crippen molar-refractivity contribution in [2.24, 2.45) is 0 Å². The number of halogens is 1. The Kier molecular flexibility index (Phi) is 3.76. The topological polar surface area (TPSA) is 83.3 Å². The summed E-state index contributed by atoms with van der Waals surface area (Å²) in [6, 6.07) is 4.84. The lowest BCUT2D eigenvalue weighted by atomic mass is 10.3. The van der Waals surface area contributed by atoms with Crippen molar-refractivity contribution in [1.82, 2.24) is 19.7 Å². The van der Waals surface area contributed by atoms with Gasteiger partial charge in [-0.25, -0.2) is 14.5 Å². The van der Waals surface area contributed by atoms with Crippen LogP contribution in [-0.2, 0) is 0 Å². The highest BCUT2D eigenvalue weighted by Gasteiger charge is 2.24. The van der Waals surface area contributed by atoms with Crippen molar-refractivity contribution in [3.8, 4) is 5.82 Å². The number of likely N-dealkylation sites (tertiary alicyclic amines) is 1. The molecule has 2 aromatic heterocycles. The molecule has 1 aliphatic rings. The number of nitrogens with zero attached hydrogens (tertiary/aromatic N) is 4. The predicted octanol–water partition coefficient (Wildman–Crippen LogP) is 1.52. The Labute approximate surface area is 126 Å². The first-order valence-corrected chi connectivity index (χ1v) is 6.92. The second kappa shape index (κ2) is 5.71. The fourth-order valence-electron chi connectivity index (χ4n) is 2.17. The van der Waals surface area contributed by atoms with Crippen LogP contribution < -0.4 is 5.32 Å². The molecule has 1 fully saturated rings. The number of nitrogens with one attached hydrogen (secondary N) is 1. The normalized spacial score (nSPS) is 18.0. The largest absolute Gasteiger partial charge is 0.391 e. The molecule has 0 aromatic carbocycles. The molecule has 0 radical (unpaired) electrons. The molecule has 8 heteroatoms. The van der Waals surface area contributed by atoms with Gasteiger partial charge in [0, 0.05) is 31.5 Å². The van der Waals surface area contributed by atoms with Crippen LogP contribution in [-0.4, -0.2) is 50.0 Å². The lowest BCUT2D eigenvalue weighted by Crippen LogP contribution is -2.33. The number of hydrogen-bond donors (Lipinski definition) is 2. The highest BCUT2D eigenvalue weighted by atomic mass is 35.5. The van der Waals surface area contributed by atoms with E-state index < -0.39 is 6.10 Å². The number of carbonyl (C=O) groups is 1. The van der Waals surface area contributed by atoms with E-state index in [9.17, 15) is 9.90 Å². The van der Waals surface area contributed by atoms with Crippen LogP contribution in [0.5, 0.6) is 0 Å². The number of rotatable bonds is 2. The molecular formula is C13H14ClN5O2. The van der Waals surface area contributed by atoms with E-state index in [0.717, 1.165) is 0 Å². The maximum absolute atomic E-state index is 12.0. The van der Waals surface area contributed by atoms with E-state index in [2.05, 4.69) is 15.4 Å². The highest BCUT2D eigenvalue weighted by molar-refractivity contribution is 6.32. The molecule has 0 bridgehead atoms. The number of β-amino-alcohol motifs (C(OH)–C–C–N with tert-alkyl or cyclic N) is 1. The van der Waals surface area contributed by atoms with Crippen molar-refractivity contribution < 1.29 is 9.90 Å². The van der Waals surface area contributed by atoms with E-state index in [-0.39, 0.29) is 6.03 Å². The zero-order chi connectivity index (χ0) is 14.8. The zero-order valence-electron chi connectivity index (χ0n) is 11.1. The average Bonchev–Trinajstić information content (AvgIpc) is 3.08. The summed E-state index contributed by atoms with van der Waals surface area (Å²) in [6.07, 6.45) is 3.45. The van der Waals surface area contributed by atoms with Crippen LogP contribution in [0.3, 0.4) is 0 Å². The number of anilines is 1. The molecule has 1 aliphatic heterocycles. The van der Waals surface area contributed by atoms with E-state index in [1.807, 2.05) is 0 Å². The van der Waals surface area contributed by atoms with Crippen LogP contribution in [0, 0.1) is 0 Å². The molecule has 3 heterocycles. The van der Waals surface area contributed by atoms with Crippen molar-refractivity contribution in [3.63, 3.8) is 0 Å². The molecule has 1 atom stereocenters. The van der Waals surface area contributed by atoms with E-state index in [0.29, 0.717) is 36.2 Å². The molecule has 0 aliphatic carbocycles. The Balaban J connectivity index is 1.71. The lowest BCUT2D eigenvalue weighted by molar-refractivity contribution is 0.176. The van der Waals surface area contributed by atoms with Gasteiger partial charge >= 0.3 is 6.03 Å². The Morgan fingerprint density at radius 1 is 1.48 bits per heavy atom. The lowest BCUT2D eigenvalue weighted by Gasteiger charge is -2.15. The van der Waals surface area contributed by atoms with Gasteiger partial charge in [0.2, 0.25) is 0 Å². The summed E-state index contributed by atoms with van der Waals surface area (Å²) in [6.45, 7) is 0.887. The van der Waals surface area contributed by atoms with Gasteiger partial charge in [0.05, 0.1) is 11.1 Å². The Bertz CT molecular complexity index is 660. The predicted molar refractivity (Wildman–Crippen MR) is 77.6 cm³/mol. The first-order valence-electron chi connectivity index (χ1n) is 6.54. The van der Waals surface area contributed by atoms with Crippen LogP contribution in [0.15, 0.2) is 30.6 Å². The van der Waals surface area contributed by atoms with E-state index in [1.165, 1.54) is 4.68 Å². The van der Waals surface area contributed by atoms with E-state index in [4.69, 9.17) is 11.6 Å². The number of aliphatic hydroxyl groups is 1. The van der Waals surface area contributed by atoms with Gasteiger partial charge in [0.1, 0.15) is 0 Å². The molecule has 1 saturated heterocycles. The molecule has 0 spiro atoms. The number of hydrogen-bond acceptors (Lipinski definition) is 4. The molecule has 3 rings (SSSR count). The monoisotopic (exact) mass is 307 g/mol. The molecule has 21 heavy (non-hydrogen) atoms. The van der Waals surface area contributed by atoms with Crippen molar-refractivity contribution in [3.05, 3.63) is 35.6 Å². The average molecular weight is 308 g/mol. The molecule has 7 nitrogen and oxygen atoms in total. The maximum Gasteiger partial charge on any atom is 0.323 e. The third-order valence-corrected chi connectivity index (χ3v) is 3.53. The Morgan fingerprint density at radius 3 is 3.05 bits per heavy atom. The fourth-order valence-corrected chi connectivity index (χ4v) is 2.38. The van der Waals surface area contributed by atoms with Gasteiger partial charge in [-0.15, -0.1) is 5.10 Å². The minimum atomic E-state index is -0.444. The van der Waals surface area contributed by atoms with Crippen LogP contribution in [0.2, 0.25) is 5.02 Å². The van der Waals surface area contributed by atoms with Crippen molar-refractivity contribution in [2.75, 3.05) is 18.4 Å². The highest BCUT2D eigenvalue weighted by Crippen LogP contribution is 2.18. The molecule has 2 aromatic rings. The van der Waals surface area contributed by atoms with Gasteiger partial charge in [-0.2, -0.15) is 0 Å². The summed E-state index contributed by atoms with van der Waals surface area (Å²) in [4.78, 5) is 17.7. The second-order valence-corrected chi connectivity index (χ2v) is 5.18. The molecule has 110 valence electrons.